The highest BCUT2D eigenvalue weighted by molar-refractivity contribution is 6.32. The summed E-state index contributed by atoms with van der Waals surface area (Å²) in [6.45, 7) is 8.33. The Balaban J connectivity index is 1.16. The number of hydrogen-bond acceptors (Lipinski definition) is 8. The van der Waals surface area contributed by atoms with Crippen LogP contribution in [-0.2, 0) is 22.7 Å². The molecule has 2 heterocycles. The van der Waals surface area contributed by atoms with Crippen LogP contribution in [0.1, 0.15) is 55.8 Å². The highest BCUT2D eigenvalue weighted by Crippen LogP contribution is 2.37. The molecule has 4 aromatic rings. The van der Waals surface area contributed by atoms with E-state index in [-0.39, 0.29) is 25.0 Å². The topological polar surface area (TPSA) is 89.5 Å². The maximum absolute atomic E-state index is 11.7. The summed E-state index contributed by atoms with van der Waals surface area (Å²) in [5.74, 6) is 2.34. The van der Waals surface area contributed by atoms with E-state index in [9.17, 15) is 9.59 Å². The van der Waals surface area contributed by atoms with Gasteiger partial charge in [-0.05, 0) is 72.2 Å². The number of carbonyl (C=O) groups is 2. The third kappa shape index (κ3) is 8.44. The van der Waals surface area contributed by atoms with Gasteiger partial charge in [-0.15, -0.1) is 0 Å². The number of rotatable bonds is 15. The molecule has 0 radical (unpaired) electrons. The molecule has 4 aromatic carbocycles. The van der Waals surface area contributed by atoms with Crippen molar-refractivity contribution in [3.63, 3.8) is 0 Å². The van der Waals surface area contributed by atoms with E-state index in [1.807, 2.05) is 24.3 Å². The number of ether oxygens (including phenoxy) is 6. The summed E-state index contributed by atoms with van der Waals surface area (Å²) < 4.78 is 35.3. The van der Waals surface area contributed by atoms with Crippen LogP contribution in [0.15, 0.2) is 60.7 Å². The van der Waals surface area contributed by atoms with Gasteiger partial charge in [-0.1, -0.05) is 59.6 Å². The number of aldehydes is 2. The Morgan fingerprint density at radius 2 is 1.08 bits per heavy atom. The van der Waals surface area contributed by atoms with E-state index in [2.05, 4.69) is 26.0 Å². The van der Waals surface area contributed by atoms with Gasteiger partial charge in [-0.25, -0.2) is 0 Å². The van der Waals surface area contributed by atoms with Crippen LogP contribution < -0.4 is 18.9 Å². The van der Waals surface area contributed by atoms with Crippen LogP contribution in [0.3, 0.4) is 0 Å². The lowest BCUT2D eigenvalue weighted by Gasteiger charge is -2.18. The zero-order chi connectivity index (χ0) is 35.0. The Hall–Kier alpha value is -4.08. The van der Waals surface area contributed by atoms with E-state index >= 15 is 0 Å². The van der Waals surface area contributed by atoms with Crippen molar-refractivity contribution in [2.75, 3.05) is 39.6 Å². The molecule has 262 valence electrons. The summed E-state index contributed by atoms with van der Waals surface area (Å²) in [6.07, 6.45) is 3.33. The van der Waals surface area contributed by atoms with Gasteiger partial charge in [0.25, 0.3) is 0 Å². The summed E-state index contributed by atoms with van der Waals surface area (Å²) in [5.41, 5.74) is 6.99. The fraction of sp³-hybridized carbons (Fsp3) is 0.350. The van der Waals surface area contributed by atoms with Crippen LogP contribution in [0, 0.1) is 25.7 Å². The van der Waals surface area contributed by atoms with E-state index in [1.54, 1.807) is 24.3 Å². The van der Waals surface area contributed by atoms with Gasteiger partial charge in [0.1, 0.15) is 36.2 Å². The predicted octanol–water partition coefficient (Wildman–Crippen LogP) is 8.89. The van der Waals surface area contributed by atoms with Gasteiger partial charge < -0.3 is 28.4 Å². The maximum atomic E-state index is 11.7. The lowest BCUT2D eigenvalue weighted by molar-refractivity contribution is 0.111. The van der Waals surface area contributed by atoms with Crippen molar-refractivity contribution in [3.05, 3.63) is 104 Å². The van der Waals surface area contributed by atoms with Gasteiger partial charge in [0.05, 0.1) is 47.6 Å². The van der Waals surface area contributed by atoms with E-state index in [4.69, 9.17) is 51.6 Å². The summed E-state index contributed by atoms with van der Waals surface area (Å²) in [4.78, 5) is 23.5. The molecule has 2 aliphatic rings. The largest absolute Gasteiger partial charge is 0.492 e. The third-order valence-corrected chi connectivity index (χ3v) is 9.92. The molecule has 2 saturated heterocycles. The van der Waals surface area contributed by atoms with Crippen molar-refractivity contribution in [2.45, 2.75) is 39.9 Å². The second-order valence-electron chi connectivity index (χ2n) is 12.7. The van der Waals surface area contributed by atoms with Crippen molar-refractivity contribution >= 4 is 35.8 Å². The zero-order valence-corrected chi connectivity index (χ0v) is 29.7. The quantitative estimate of drug-likeness (QED) is 0.113. The molecular weight excluding hydrogens is 679 g/mol. The molecule has 2 fully saturated rings. The molecule has 2 aliphatic heterocycles. The monoisotopic (exact) mass is 718 g/mol. The Kier molecular flexibility index (Phi) is 12.0. The Morgan fingerprint density at radius 1 is 0.640 bits per heavy atom. The minimum Gasteiger partial charge on any atom is -0.492 e. The zero-order valence-electron chi connectivity index (χ0n) is 28.2. The van der Waals surface area contributed by atoms with Crippen molar-refractivity contribution in [3.8, 4) is 34.1 Å². The molecule has 0 spiro atoms. The number of carbonyl (C=O) groups excluding carboxylic acids is 2. The second-order valence-corrected chi connectivity index (χ2v) is 13.5. The lowest BCUT2D eigenvalue weighted by Crippen LogP contribution is -2.12. The van der Waals surface area contributed by atoms with Crippen LogP contribution in [0.5, 0.6) is 23.0 Å². The summed E-state index contributed by atoms with van der Waals surface area (Å²) in [6, 6.07) is 18.8. The normalized spacial score (nSPS) is 17.0. The number of halogens is 2. The first kappa shape index (κ1) is 35.7. The van der Waals surface area contributed by atoms with Crippen LogP contribution in [0.4, 0.5) is 0 Å². The first-order valence-electron chi connectivity index (χ1n) is 16.8. The van der Waals surface area contributed by atoms with Gasteiger partial charge in [0.2, 0.25) is 0 Å². The minimum absolute atomic E-state index is 0.269. The molecule has 2 atom stereocenters. The van der Waals surface area contributed by atoms with Crippen LogP contribution in [0.25, 0.3) is 11.1 Å². The Labute approximate surface area is 302 Å². The SMILES string of the molecule is Cc1c(COc2cc(OCC3CCOC3)c(C=O)cc2Cl)cccc1-c1cccc(COc2cc(OC[C@@H]3CCOC3)c(C=O)cc2Cl)c1C. The molecule has 8 nitrogen and oxygen atoms in total. The van der Waals surface area contributed by atoms with Gasteiger partial charge in [-0.3, -0.25) is 9.59 Å². The van der Waals surface area contributed by atoms with Gasteiger partial charge in [-0.2, -0.15) is 0 Å². The van der Waals surface area contributed by atoms with Crippen molar-refractivity contribution in [1.29, 1.82) is 0 Å². The Morgan fingerprint density at radius 3 is 1.46 bits per heavy atom. The molecule has 0 amide bonds. The summed E-state index contributed by atoms with van der Waals surface area (Å²) >= 11 is 13.0. The molecule has 0 bridgehead atoms. The fourth-order valence-corrected chi connectivity index (χ4v) is 6.63. The fourth-order valence-electron chi connectivity index (χ4n) is 6.17. The lowest BCUT2D eigenvalue weighted by atomic mass is 9.92. The van der Waals surface area contributed by atoms with Gasteiger partial charge >= 0.3 is 0 Å². The molecule has 6 rings (SSSR count). The average molecular weight is 720 g/mol. The van der Waals surface area contributed by atoms with Crippen LogP contribution >= 0.6 is 23.2 Å². The van der Waals surface area contributed by atoms with Crippen molar-refractivity contribution in [2.24, 2.45) is 11.8 Å². The van der Waals surface area contributed by atoms with Crippen molar-refractivity contribution < 1.29 is 38.0 Å². The summed E-state index contributed by atoms with van der Waals surface area (Å²) in [7, 11) is 0. The molecule has 0 aliphatic carbocycles. The molecule has 10 heteroatoms. The number of hydrogen-bond donors (Lipinski definition) is 0. The smallest absolute Gasteiger partial charge is 0.153 e. The van der Waals surface area contributed by atoms with E-state index < -0.39 is 0 Å². The second kappa shape index (κ2) is 16.8. The first-order valence-corrected chi connectivity index (χ1v) is 17.5. The Bertz CT molecular complexity index is 1700. The molecular formula is C40H40Cl2O8. The predicted molar refractivity (Wildman–Crippen MR) is 193 cm³/mol. The standard InChI is InChI=1S/C40H40Cl2O8/c1-25-29(23-49-39-15-37(31(17-43)13-35(39)41)47-21-27-9-11-45-19-27)5-3-7-33(25)34-8-4-6-30(26(34)2)24-50-40-16-38(32(18-44)14-36(40)42)48-22-28-10-12-46-20-28/h3-8,13-18,27-28H,9-12,19-24H2,1-2H3/t27-,28?/m1/s1. The van der Waals surface area contributed by atoms with Crippen molar-refractivity contribution in [1.82, 2.24) is 0 Å². The number of benzene rings is 4. The average Bonchev–Trinajstić information content (AvgIpc) is 3.85. The van der Waals surface area contributed by atoms with Gasteiger partial charge in [0, 0.05) is 37.2 Å². The molecule has 0 aromatic heterocycles. The maximum Gasteiger partial charge on any atom is 0.153 e. The highest BCUT2D eigenvalue weighted by Gasteiger charge is 2.20. The van der Waals surface area contributed by atoms with Crippen LogP contribution in [0.2, 0.25) is 10.0 Å². The highest BCUT2D eigenvalue weighted by atomic mass is 35.5. The van der Waals surface area contributed by atoms with E-state index in [1.165, 1.54) is 0 Å². The van der Waals surface area contributed by atoms with E-state index in [0.717, 1.165) is 72.0 Å². The molecule has 0 N–H and O–H groups in total. The molecule has 0 saturated carbocycles. The van der Waals surface area contributed by atoms with Gasteiger partial charge in [0.15, 0.2) is 12.6 Å². The molecule has 50 heavy (non-hydrogen) atoms. The minimum atomic E-state index is 0.269. The van der Waals surface area contributed by atoms with Crippen LogP contribution in [-0.4, -0.2) is 52.2 Å². The van der Waals surface area contributed by atoms with E-state index in [0.29, 0.717) is 70.6 Å². The summed E-state index contributed by atoms with van der Waals surface area (Å²) in [5, 5.41) is 0.674. The first-order chi connectivity index (χ1) is 24.3. The molecule has 1 unspecified atom stereocenters. The third-order valence-electron chi connectivity index (χ3n) is 9.33.